The number of hydrogen-bond acceptors (Lipinski definition) is 3. The number of aliphatic imine (C=N–C) groups is 2. The second-order valence-electron chi connectivity index (χ2n) is 7.30. The molecule has 1 aliphatic rings. The number of para-hydroxylation sites is 4. The highest BCUT2D eigenvalue weighted by atomic mass is 15.3. The SMILES string of the molecule is C1=C(Nc2ccccc2)C(=Nc2ccccc2)N(c2ccccc2)C1=Nc1ccccc1. The van der Waals surface area contributed by atoms with Crippen LogP contribution < -0.4 is 10.2 Å². The first-order chi connectivity index (χ1) is 15.9. The van der Waals surface area contributed by atoms with E-state index < -0.39 is 0 Å². The summed E-state index contributed by atoms with van der Waals surface area (Å²) in [7, 11) is 0. The zero-order valence-corrected chi connectivity index (χ0v) is 17.5. The molecule has 0 radical (unpaired) electrons. The summed E-state index contributed by atoms with van der Waals surface area (Å²) in [5.74, 6) is 1.59. The van der Waals surface area contributed by atoms with Crippen LogP contribution >= 0.6 is 0 Å². The zero-order chi connectivity index (χ0) is 21.6. The Bertz CT molecular complexity index is 1260. The van der Waals surface area contributed by atoms with Gasteiger partial charge in [0.2, 0.25) is 0 Å². The average Bonchev–Trinajstić information content (AvgIpc) is 3.17. The molecule has 4 nitrogen and oxygen atoms in total. The van der Waals surface area contributed by atoms with Gasteiger partial charge in [-0.15, -0.1) is 0 Å². The van der Waals surface area contributed by atoms with E-state index in [1.165, 1.54) is 0 Å². The molecular weight excluding hydrogens is 392 g/mol. The molecule has 0 bridgehead atoms. The third-order valence-electron chi connectivity index (χ3n) is 5.01. The van der Waals surface area contributed by atoms with Crippen molar-refractivity contribution in [2.75, 3.05) is 10.2 Å². The first-order valence-electron chi connectivity index (χ1n) is 10.5. The highest BCUT2D eigenvalue weighted by Crippen LogP contribution is 2.29. The summed E-state index contributed by atoms with van der Waals surface area (Å²) in [6, 6.07) is 40.3. The van der Waals surface area contributed by atoms with Gasteiger partial charge in [-0.3, -0.25) is 4.90 Å². The smallest absolute Gasteiger partial charge is 0.163 e. The lowest BCUT2D eigenvalue weighted by molar-refractivity contribution is 1.36. The van der Waals surface area contributed by atoms with Crippen molar-refractivity contribution in [3.63, 3.8) is 0 Å². The number of hydrogen-bond donors (Lipinski definition) is 1. The molecule has 4 aromatic carbocycles. The van der Waals surface area contributed by atoms with Crippen LogP contribution in [0.4, 0.5) is 22.7 Å². The van der Waals surface area contributed by atoms with E-state index in [0.717, 1.165) is 40.1 Å². The van der Waals surface area contributed by atoms with Crippen molar-refractivity contribution in [3.8, 4) is 0 Å². The molecule has 1 aliphatic heterocycles. The van der Waals surface area contributed by atoms with Crippen LogP contribution in [0.1, 0.15) is 0 Å². The summed E-state index contributed by atoms with van der Waals surface area (Å²) >= 11 is 0. The Balaban J connectivity index is 1.66. The van der Waals surface area contributed by atoms with Gasteiger partial charge in [0.05, 0.1) is 17.1 Å². The minimum absolute atomic E-state index is 0.793. The highest BCUT2D eigenvalue weighted by molar-refractivity contribution is 6.35. The average molecular weight is 415 g/mol. The highest BCUT2D eigenvalue weighted by Gasteiger charge is 2.29. The topological polar surface area (TPSA) is 40.0 Å². The van der Waals surface area contributed by atoms with E-state index in [0.29, 0.717) is 0 Å². The molecule has 32 heavy (non-hydrogen) atoms. The van der Waals surface area contributed by atoms with Crippen molar-refractivity contribution < 1.29 is 0 Å². The second kappa shape index (κ2) is 9.14. The fourth-order valence-electron chi connectivity index (χ4n) is 3.54. The van der Waals surface area contributed by atoms with Crippen molar-refractivity contribution in [2.24, 2.45) is 9.98 Å². The predicted molar refractivity (Wildman–Crippen MR) is 134 cm³/mol. The molecule has 1 heterocycles. The molecule has 0 spiro atoms. The van der Waals surface area contributed by atoms with E-state index in [9.17, 15) is 0 Å². The van der Waals surface area contributed by atoms with Crippen LogP contribution in [0.15, 0.2) is 143 Å². The quantitative estimate of drug-likeness (QED) is 0.383. The van der Waals surface area contributed by atoms with Gasteiger partial charge in [0.1, 0.15) is 5.84 Å². The first kappa shape index (κ1) is 19.5. The van der Waals surface area contributed by atoms with E-state index in [2.05, 4.69) is 28.4 Å². The molecule has 4 aromatic rings. The number of rotatable bonds is 5. The van der Waals surface area contributed by atoms with Crippen molar-refractivity contribution in [1.29, 1.82) is 0 Å². The molecule has 5 rings (SSSR count). The van der Waals surface area contributed by atoms with Gasteiger partial charge in [-0.1, -0.05) is 72.8 Å². The number of nitrogens with one attached hydrogen (secondary N) is 1. The van der Waals surface area contributed by atoms with Crippen molar-refractivity contribution in [3.05, 3.63) is 133 Å². The number of nitrogens with zero attached hydrogens (tertiary/aromatic N) is 3. The Kier molecular flexibility index (Phi) is 5.58. The molecular formula is C28H22N4. The fourth-order valence-corrected chi connectivity index (χ4v) is 3.54. The standard InChI is InChI=1S/C28H22N4/c1-5-13-22(14-6-1)29-26-21-27(30-23-15-7-2-8-16-23)32(25-19-11-4-12-20-25)28(26)31-24-17-9-3-10-18-24/h1-21,29H. The van der Waals surface area contributed by atoms with Crippen LogP contribution in [0.25, 0.3) is 0 Å². The zero-order valence-electron chi connectivity index (χ0n) is 17.5. The van der Waals surface area contributed by atoms with Gasteiger partial charge in [0, 0.05) is 17.5 Å². The Morgan fingerprint density at radius 2 is 1.03 bits per heavy atom. The molecule has 1 N–H and O–H groups in total. The maximum Gasteiger partial charge on any atom is 0.163 e. The minimum atomic E-state index is 0.793. The molecule has 0 saturated carbocycles. The summed E-state index contributed by atoms with van der Waals surface area (Å²) in [6.07, 6.45) is 2.05. The summed E-state index contributed by atoms with van der Waals surface area (Å²) < 4.78 is 0. The second-order valence-corrected chi connectivity index (χ2v) is 7.30. The number of benzene rings is 4. The van der Waals surface area contributed by atoms with Gasteiger partial charge in [-0.25, -0.2) is 9.98 Å². The van der Waals surface area contributed by atoms with Crippen molar-refractivity contribution in [2.45, 2.75) is 0 Å². The third-order valence-corrected chi connectivity index (χ3v) is 5.01. The van der Waals surface area contributed by atoms with Gasteiger partial charge in [-0.05, 0) is 48.5 Å². The molecule has 0 amide bonds. The summed E-state index contributed by atoms with van der Waals surface area (Å²) in [5.41, 5.74) is 4.65. The van der Waals surface area contributed by atoms with Gasteiger partial charge in [0.25, 0.3) is 0 Å². The molecule has 0 aliphatic carbocycles. The van der Waals surface area contributed by atoms with E-state index in [-0.39, 0.29) is 0 Å². The van der Waals surface area contributed by atoms with E-state index >= 15 is 0 Å². The predicted octanol–water partition coefficient (Wildman–Crippen LogP) is 6.96. The van der Waals surface area contributed by atoms with Crippen LogP contribution in [0.3, 0.4) is 0 Å². The molecule has 4 heteroatoms. The van der Waals surface area contributed by atoms with E-state index in [4.69, 9.17) is 9.98 Å². The number of amidine groups is 2. The molecule has 0 fully saturated rings. The molecule has 0 saturated heterocycles. The number of anilines is 2. The van der Waals surface area contributed by atoms with Crippen molar-refractivity contribution >= 4 is 34.4 Å². The van der Waals surface area contributed by atoms with Gasteiger partial charge in [-0.2, -0.15) is 0 Å². The van der Waals surface area contributed by atoms with Crippen LogP contribution in [0.2, 0.25) is 0 Å². The summed E-state index contributed by atoms with van der Waals surface area (Å²) in [6.45, 7) is 0. The van der Waals surface area contributed by atoms with Gasteiger partial charge < -0.3 is 5.32 Å². The lowest BCUT2D eigenvalue weighted by Crippen LogP contribution is -2.32. The monoisotopic (exact) mass is 414 g/mol. The normalized spacial score (nSPS) is 15.8. The van der Waals surface area contributed by atoms with Crippen molar-refractivity contribution in [1.82, 2.24) is 0 Å². The summed E-state index contributed by atoms with van der Waals surface area (Å²) in [4.78, 5) is 12.0. The van der Waals surface area contributed by atoms with Crippen LogP contribution in [-0.2, 0) is 0 Å². The van der Waals surface area contributed by atoms with Crippen LogP contribution in [0, 0.1) is 0 Å². The lowest BCUT2D eigenvalue weighted by atomic mass is 10.2. The Hall–Kier alpha value is -4.44. The minimum Gasteiger partial charge on any atom is -0.352 e. The summed E-state index contributed by atoms with van der Waals surface area (Å²) in [5, 5.41) is 3.53. The molecule has 0 aromatic heterocycles. The molecule has 0 atom stereocenters. The van der Waals surface area contributed by atoms with E-state index in [1.54, 1.807) is 0 Å². The van der Waals surface area contributed by atoms with Crippen LogP contribution in [-0.4, -0.2) is 11.7 Å². The maximum absolute atomic E-state index is 5.02. The lowest BCUT2D eigenvalue weighted by Gasteiger charge is -2.22. The maximum atomic E-state index is 5.02. The Morgan fingerprint density at radius 1 is 0.531 bits per heavy atom. The van der Waals surface area contributed by atoms with Crippen LogP contribution in [0.5, 0.6) is 0 Å². The third kappa shape index (κ3) is 4.35. The first-order valence-corrected chi connectivity index (χ1v) is 10.5. The molecule has 154 valence electrons. The molecule has 0 unspecified atom stereocenters. The Labute approximate surface area is 187 Å². The Morgan fingerprint density at radius 3 is 1.62 bits per heavy atom. The van der Waals surface area contributed by atoms with E-state index in [1.807, 2.05) is 109 Å². The van der Waals surface area contributed by atoms with Gasteiger partial charge in [0.15, 0.2) is 5.84 Å². The van der Waals surface area contributed by atoms with Gasteiger partial charge >= 0.3 is 0 Å². The fraction of sp³-hybridized carbons (Fsp3) is 0. The largest absolute Gasteiger partial charge is 0.352 e.